The van der Waals surface area contributed by atoms with Crippen molar-refractivity contribution < 1.29 is 68.3 Å². The van der Waals surface area contributed by atoms with E-state index in [-0.39, 0.29) is 41.9 Å². The number of aliphatic hydroxyl groups is 5. The molecule has 0 radical (unpaired) electrons. The zero-order valence-electron chi connectivity index (χ0n) is 30.9. The minimum Gasteiger partial charge on any atom is -0.462 e. The molecule has 18 atom stereocenters. The van der Waals surface area contributed by atoms with Crippen molar-refractivity contribution >= 4 is 11.9 Å². The largest absolute Gasteiger partial charge is 0.462 e. The quantitative estimate of drug-likeness (QED) is 0.177. The molecule has 4 aliphatic carbocycles. The Morgan fingerprint density at radius 1 is 0.962 bits per heavy atom. The molecule has 0 bridgehead atoms. The Morgan fingerprint density at radius 3 is 2.40 bits per heavy atom. The van der Waals surface area contributed by atoms with Crippen LogP contribution in [0.3, 0.4) is 0 Å². The third-order valence-corrected chi connectivity index (χ3v) is 14.6. The minimum atomic E-state index is -1.55. The zero-order chi connectivity index (χ0) is 37.3. The summed E-state index contributed by atoms with van der Waals surface area (Å²) < 4.78 is 41.6. The molecule has 14 heteroatoms. The normalized spacial score (nSPS) is 51.8. The van der Waals surface area contributed by atoms with Gasteiger partial charge in [0.2, 0.25) is 0 Å². The summed E-state index contributed by atoms with van der Waals surface area (Å²) in [5, 5.41) is 53.3. The summed E-state index contributed by atoms with van der Waals surface area (Å²) in [5.41, 5.74) is -0.799. The van der Waals surface area contributed by atoms with Crippen LogP contribution in [-0.2, 0) is 42.7 Å². The highest BCUT2D eigenvalue weighted by Crippen LogP contribution is 2.70. The molecule has 3 aliphatic heterocycles. The zero-order valence-corrected chi connectivity index (χ0v) is 30.9. The van der Waals surface area contributed by atoms with Gasteiger partial charge >= 0.3 is 11.9 Å². The number of carbonyl (C=O) groups is 2. The van der Waals surface area contributed by atoms with Gasteiger partial charge < -0.3 is 58.7 Å². The molecule has 4 saturated carbocycles. The SMILES string of the molecule is CO[C@H]1C[C@H](O[C@H]2CC[C@@]3(C)[C@H](CC[C@@H]4[C@@H]3CC[C@]3(C)[C@@H](C5=CC(=O)OC5)[C@@H](OC(C)=O)C[C@]43O)C2)O[C@@H](C)[C@@H]1O[C@@H]1O[C@H](CO)[C@@H](O)[C@H](O)[C@H]1O. The van der Waals surface area contributed by atoms with Crippen molar-refractivity contribution in [2.45, 2.75) is 159 Å². The number of hydrogen-bond donors (Lipinski definition) is 5. The molecule has 7 aliphatic rings. The Kier molecular flexibility index (Phi) is 10.7. The average Bonchev–Trinajstić information content (AvgIpc) is 3.61. The number of methoxy groups -OCH3 is 1. The highest BCUT2D eigenvalue weighted by Gasteiger charge is 2.71. The van der Waals surface area contributed by atoms with Crippen molar-refractivity contribution in [1.29, 1.82) is 0 Å². The standard InChI is InChI=1S/C38H58O14/c1-18-34(52-35-33(44)32(43)31(42)27(16-39)51-35)25(46-5)14-29(48-18)50-22-8-10-36(3)21(13-22)6-7-24-23(36)9-11-37(4)30(20-12-28(41)47-17-20)26(49-19(2)40)15-38(24,37)45/h12,18,21-27,29-35,39,42-45H,6-11,13-17H2,1-5H3/t18-,21+,22-,23-,24+,25-,26-,27+,29-,30-,31+,32-,33+,34-,35-,36-,37+,38-/m0/s1. The topological polar surface area (TPSA) is 200 Å². The van der Waals surface area contributed by atoms with Crippen LogP contribution in [0.4, 0.5) is 0 Å². The van der Waals surface area contributed by atoms with E-state index in [9.17, 15) is 35.1 Å². The first kappa shape index (κ1) is 38.6. The van der Waals surface area contributed by atoms with Crippen molar-refractivity contribution in [1.82, 2.24) is 0 Å². The number of carbonyl (C=O) groups excluding carboxylic acids is 2. The van der Waals surface area contributed by atoms with E-state index in [1.165, 1.54) is 13.0 Å². The van der Waals surface area contributed by atoms with E-state index in [2.05, 4.69) is 13.8 Å². The maximum absolute atomic E-state index is 12.8. The predicted molar refractivity (Wildman–Crippen MR) is 180 cm³/mol. The predicted octanol–water partition coefficient (Wildman–Crippen LogP) is 1.51. The summed E-state index contributed by atoms with van der Waals surface area (Å²) >= 11 is 0. The van der Waals surface area contributed by atoms with Gasteiger partial charge in [0.1, 0.15) is 43.2 Å². The smallest absolute Gasteiger partial charge is 0.331 e. The molecule has 294 valence electrons. The van der Waals surface area contributed by atoms with Gasteiger partial charge in [0.15, 0.2) is 12.6 Å². The molecule has 3 heterocycles. The maximum Gasteiger partial charge on any atom is 0.331 e. The molecule has 0 unspecified atom stereocenters. The first-order chi connectivity index (χ1) is 24.6. The van der Waals surface area contributed by atoms with Crippen LogP contribution in [0.25, 0.3) is 0 Å². The van der Waals surface area contributed by atoms with Crippen molar-refractivity contribution in [3.8, 4) is 0 Å². The van der Waals surface area contributed by atoms with E-state index in [1.807, 2.05) is 6.92 Å². The molecule has 5 N–H and O–H groups in total. The Bertz CT molecular complexity index is 1370. The lowest BCUT2D eigenvalue weighted by Gasteiger charge is -2.63. The van der Waals surface area contributed by atoms with Gasteiger partial charge in [-0.15, -0.1) is 0 Å². The van der Waals surface area contributed by atoms with Gasteiger partial charge in [0.05, 0.1) is 30.5 Å². The molecule has 0 aromatic heterocycles. The molecule has 7 rings (SSSR count). The second kappa shape index (κ2) is 14.4. The Morgan fingerprint density at radius 2 is 1.73 bits per heavy atom. The number of hydrogen-bond acceptors (Lipinski definition) is 14. The van der Waals surface area contributed by atoms with Crippen LogP contribution in [0.5, 0.6) is 0 Å². The second-order valence-corrected chi connectivity index (χ2v) is 17.1. The van der Waals surface area contributed by atoms with Gasteiger partial charge in [-0.25, -0.2) is 4.79 Å². The molecule has 2 saturated heterocycles. The molecule has 0 aromatic rings. The van der Waals surface area contributed by atoms with Gasteiger partial charge in [-0.05, 0) is 80.6 Å². The van der Waals surface area contributed by atoms with Crippen LogP contribution in [0.1, 0.15) is 85.5 Å². The van der Waals surface area contributed by atoms with Crippen LogP contribution in [0.2, 0.25) is 0 Å². The highest BCUT2D eigenvalue weighted by atomic mass is 16.7. The monoisotopic (exact) mass is 738 g/mol. The number of aliphatic hydroxyl groups excluding tert-OH is 4. The van der Waals surface area contributed by atoms with Gasteiger partial charge in [-0.1, -0.05) is 13.8 Å². The lowest BCUT2D eigenvalue weighted by Crippen LogP contribution is -2.62. The Hall–Kier alpha value is -1.72. The molecule has 6 fully saturated rings. The van der Waals surface area contributed by atoms with E-state index in [0.717, 1.165) is 50.5 Å². The van der Waals surface area contributed by atoms with E-state index >= 15 is 0 Å². The summed E-state index contributed by atoms with van der Waals surface area (Å²) in [4.78, 5) is 24.4. The third-order valence-electron chi connectivity index (χ3n) is 14.6. The first-order valence-electron chi connectivity index (χ1n) is 19.2. The molecule has 14 nitrogen and oxygen atoms in total. The van der Waals surface area contributed by atoms with E-state index in [1.54, 1.807) is 7.11 Å². The van der Waals surface area contributed by atoms with Gasteiger partial charge in [0.25, 0.3) is 0 Å². The molecule has 0 amide bonds. The molecule has 0 aromatic carbocycles. The Labute approximate surface area is 305 Å². The molecule has 0 spiro atoms. The van der Waals surface area contributed by atoms with Gasteiger partial charge in [-0.3, -0.25) is 4.79 Å². The fourth-order valence-electron chi connectivity index (χ4n) is 11.9. The van der Waals surface area contributed by atoms with Crippen LogP contribution in [-0.4, -0.2) is 131 Å². The molecular formula is C38H58O14. The summed E-state index contributed by atoms with van der Waals surface area (Å²) in [6.45, 7) is 7.35. The summed E-state index contributed by atoms with van der Waals surface area (Å²) in [7, 11) is 1.57. The number of ether oxygens (including phenoxy) is 7. The van der Waals surface area contributed by atoms with Gasteiger partial charge in [0, 0.05) is 44.3 Å². The summed E-state index contributed by atoms with van der Waals surface area (Å²) in [6.07, 6.45) is -1.29. The lowest BCUT2D eigenvalue weighted by atomic mass is 9.43. The molecule has 52 heavy (non-hydrogen) atoms. The maximum atomic E-state index is 12.8. The lowest BCUT2D eigenvalue weighted by molar-refractivity contribution is -0.345. The first-order valence-corrected chi connectivity index (χ1v) is 19.2. The van der Waals surface area contributed by atoms with Crippen LogP contribution >= 0.6 is 0 Å². The summed E-state index contributed by atoms with van der Waals surface area (Å²) in [5.74, 6) is -0.323. The second-order valence-electron chi connectivity index (χ2n) is 17.1. The van der Waals surface area contributed by atoms with Crippen LogP contribution < -0.4 is 0 Å². The van der Waals surface area contributed by atoms with E-state index in [0.29, 0.717) is 24.7 Å². The number of cyclic esters (lactones) is 1. The fourth-order valence-corrected chi connectivity index (χ4v) is 11.9. The molecular weight excluding hydrogens is 680 g/mol. The number of fused-ring (bicyclic) bond motifs is 5. The highest BCUT2D eigenvalue weighted by molar-refractivity contribution is 5.85. The number of esters is 2. The summed E-state index contributed by atoms with van der Waals surface area (Å²) in [6, 6.07) is 0. The van der Waals surface area contributed by atoms with E-state index in [4.69, 9.17) is 33.2 Å². The Balaban J connectivity index is 0.999. The van der Waals surface area contributed by atoms with Crippen molar-refractivity contribution in [3.05, 3.63) is 11.6 Å². The average molecular weight is 739 g/mol. The van der Waals surface area contributed by atoms with Crippen LogP contribution in [0, 0.1) is 34.5 Å². The third kappa shape index (κ3) is 6.36. The van der Waals surface area contributed by atoms with Crippen molar-refractivity contribution in [3.63, 3.8) is 0 Å². The fraction of sp³-hybridized carbons (Fsp3) is 0.895. The van der Waals surface area contributed by atoms with Crippen LogP contribution in [0.15, 0.2) is 11.6 Å². The van der Waals surface area contributed by atoms with E-state index < -0.39 is 79.0 Å². The van der Waals surface area contributed by atoms with Crippen molar-refractivity contribution in [2.75, 3.05) is 20.3 Å². The minimum absolute atomic E-state index is 0.000668. The van der Waals surface area contributed by atoms with Gasteiger partial charge in [-0.2, -0.15) is 0 Å². The van der Waals surface area contributed by atoms with Crippen molar-refractivity contribution in [2.24, 2.45) is 34.5 Å². The number of rotatable bonds is 8.